The first kappa shape index (κ1) is 15.8. The summed E-state index contributed by atoms with van der Waals surface area (Å²) in [5.74, 6) is 2.25. The number of thioether (sulfide) groups is 1. The number of amides is 1. The Balaban J connectivity index is 1.49. The third-order valence-electron chi connectivity index (χ3n) is 4.05. The quantitative estimate of drug-likeness (QED) is 0.621. The van der Waals surface area contributed by atoms with Crippen LogP contribution < -0.4 is 0 Å². The Morgan fingerprint density at radius 2 is 1.68 bits per heavy atom. The molecular formula is C21H17NO2S. The summed E-state index contributed by atoms with van der Waals surface area (Å²) in [7, 11) is 0. The molecular weight excluding hydrogens is 330 g/mol. The molecule has 1 aromatic heterocycles. The molecule has 0 radical (unpaired) electrons. The van der Waals surface area contributed by atoms with Crippen molar-refractivity contribution in [1.82, 2.24) is 4.90 Å². The van der Waals surface area contributed by atoms with E-state index in [4.69, 9.17) is 4.42 Å². The maximum absolute atomic E-state index is 12.6. The average molecular weight is 347 g/mol. The molecule has 2 heterocycles. The zero-order valence-corrected chi connectivity index (χ0v) is 14.4. The van der Waals surface area contributed by atoms with Crippen molar-refractivity contribution >= 4 is 23.7 Å². The van der Waals surface area contributed by atoms with Gasteiger partial charge in [0.2, 0.25) is 0 Å². The highest BCUT2D eigenvalue weighted by Crippen LogP contribution is 2.32. The van der Waals surface area contributed by atoms with E-state index in [1.54, 1.807) is 11.8 Å². The van der Waals surface area contributed by atoms with E-state index in [1.807, 2.05) is 83.8 Å². The third-order valence-corrected chi connectivity index (χ3v) is 5.09. The summed E-state index contributed by atoms with van der Waals surface area (Å²) in [4.78, 5) is 15.2. The van der Waals surface area contributed by atoms with Crippen molar-refractivity contribution in [1.29, 1.82) is 0 Å². The Morgan fingerprint density at radius 3 is 2.44 bits per heavy atom. The normalized spacial score (nSPS) is 15.9. The molecule has 124 valence electrons. The van der Waals surface area contributed by atoms with Crippen LogP contribution in [-0.4, -0.2) is 16.7 Å². The highest BCUT2D eigenvalue weighted by molar-refractivity contribution is 8.04. The van der Waals surface area contributed by atoms with Gasteiger partial charge >= 0.3 is 0 Å². The number of carbonyl (C=O) groups is 1. The molecule has 0 aliphatic carbocycles. The van der Waals surface area contributed by atoms with Gasteiger partial charge in [-0.2, -0.15) is 0 Å². The van der Waals surface area contributed by atoms with Crippen LogP contribution in [0.25, 0.3) is 17.4 Å². The fourth-order valence-corrected chi connectivity index (χ4v) is 3.72. The van der Waals surface area contributed by atoms with Gasteiger partial charge in [-0.05, 0) is 23.8 Å². The lowest BCUT2D eigenvalue weighted by atomic mass is 10.2. The van der Waals surface area contributed by atoms with E-state index in [0.717, 1.165) is 21.8 Å². The summed E-state index contributed by atoms with van der Waals surface area (Å²) in [6, 6.07) is 23.8. The van der Waals surface area contributed by atoms with E-state index in [2.05, 4.69) is 0 Å². The summed E-state index contributed by atoms with van der Waals surface area (Å²) in [6.45, 7) is 0.636. The zero-order valence-electron chi connectivity index (χ0n) is 13.6. The van der Waals surface area contributed by atoms with Gasteiger partial charge in [-0.25, -0.2) is 0 Å². The van der Waals surface area contributed by atoms with Crippen LogP contribution >= 0.6 is 11.8 Å². The van der Waals surface area contributed by atoms with Crippen LogP contribution in [0.1, 0.15) is 11.3 Å². The largest absolute Gasteiger partial charge is 0.457 e. The highest BCUT2D eigenvalue weighted by atomic mass is 32.2. The lowest BCUT2D eigenvalue weighted by molar-refractivity contribution is -0.125. The third kappa shape index (κ3) is 3.54. The van der Waals surface area contributed by atoms with Gasteiger partial charge in [-0.3, -0.25) is 4.79 Å². The van der Waals surface area contributed by atoms with Gasteiger partial charge < -0.3 is 9.32 Å². The predicted octanol–water partition coefficient (Wildman–Crippen LogP) is 5.02. The maximum atomic E-state index is 12.6. The highest BCUT2D eigenvalue weighted by Gasteiger charge is 2.27. The molecule has 1 saturated heterocycles. The van der Waals surface area contributed by atoms with Crippen molar-refractivity contribution in [2.24, 2.45) is 0 Å². The first-order valence-electron chi connectivity index (χ1n) is 8.12. The SMILES string of the molecule is O=C1C(=Cc2ccc(-c3ccccc3)o2)SCN1Cc1ccccc1. The number of nitrogens with zero attached hydrogens (tertiary/aromatic N) is 1. The van der Waals surface area contributed by atoms with Crippen molar-refractivity contribution in [2.45, 2.75) is 6.54 Å². The number of furan rings is 1. The standard InChI is InChI=1S/C21H17NO2S/c23-21-20(25-15-22(21)14-16-7-3-1-4-8-16)13-18-11-12-19(24-18)17-9-5-2-6-10-17/h1-13H,14-15H2. The summed E-state index contributed by atoms with van der Waals surface area (Å²) in [6.07, 6.45) is 1.84. The van der Waals surface area contributed by atoms with Gasteiger partial charge in [0.15, 0.2) is 0 Å². The molecule has 4 rings (SSSR count). The monoisotopic (exact) mass is 347 g/mol. The van der Waals surface area contributed by atoms with Crippen LogP contribution in [0.2, 0.25) is 0 Å². The number of hydrogen-bond donors (Lipinski definition) is 0. The molecule has 0 spiro atoms. The van der Waals surface area contributed by atoms with Gasteiger partial charge in [0, 0.05) is 12.1 Å². The molecule has 25 heavy (non-hydrogen) atoms. The fraction of sp³-hybridized carbons (Fsp3) is 0.0952. The first-order chi connectivity index (χ1) is 12.3. The summed E-state index contributed by atoms with van der Waals surface area (Å²) < 4.78 is 5.87. The lowest BCUT2D eigenvalue weighted by Crippen LogP contribution is -2.24. The topological polar surface area (TPSA) is 33.5 Å². The van der Waals surface area contributed by atoms with Crippen molar-refractivity contribution < 1.29 is 9.21 Å². The minimum Gasteiger partial charge on any atom is -0.457 e. The van der Waals surface area contributed by atoms with E-state index in [-0.39, 0.29) is 5.91 Å². The summed E-state index contributed by atoms with van der Waals surface area (Å²) >= 11 is 1.56. The van der Waals surface area contributed by atoms with E-state index in [9.17, 15) is 4.79 Å². The second-order valence-electron chi connectivity index (χ2n) is 5.84. The summed E-state index contributed by atoms with van der Waals surface area (Å²) in [5, 5.41) is 0. The van der Waals surface area contributed by atoms with E-state index in [0.29, 0.717) is 18.2 Å². The van der Waals surface area contributed by atoms with Crippen LogP contribution in [-0.2, 0) is 11.3 Å². The van der Waals surface area contributed by atoms with Crippen molar-refractivity contribution in [3.05, 3.63) is 89.0 Å². The maximum Gasteiger partial charge on any atom is 0.261 e. The Hall–Kier alpha value is -2.72. The van der Waals surface area contributed by atoms with E-state index in [1.165, 1.54) is 0 Å². The lowest BCUT2D eigenvalue weighted by Gasteiger charge is -2.13. The number of hydrogen-bond acceptors (Lipinski definition) is 3. The average Bonchev–Trinajstić information content (AvgIpc) is 3.26. The fourth-order valence-electron chi connectivity index (χ4n) is 2.77. The molecule has 0 atom stereocenters. The zero-order chi connectivity index (χ0) is 17.1. The Bertz CT molecular complexity index is 900. The van der Waals surface area contributed by atoms with Crippen LogP contribution in [0.15, 0.2) is 82.1 Å². The molecule has 0 N–H and O–H groups in total. The summed E-state index contributed by atoms with van der Waals surface area (Å²) in [5.41, 5.74) is 2.17. The smallest absolute Gasteiger partial charge is 0.261 e. The molecule has 0 saturated carbocycles. The molecule has 1 aliphatic heterocycles. The van der Waals surface area contributed by atoms with E-state index >= 15 is 0 Å². The molecule has 1 fully saturated rings. The minimum atomic E-state index is 0.0616. The molecule has 1 amide bonds. The van der Waals surface area contributed by atoms with Gasteiger partial charge in [0.25, 0.3) is 5.91 Å². The van der Waals surface area contributed by atoms with Crippen molar-refractivity contribution in [2.75, 3.05) is 5.88 Å². The molecule has 3 nitrogen and oxygen atoms in total. The molecule has 4 heteroatoms. The molecule has 1 aliphatic rings. The Morgan fingerprint density at radius 1 is 0.960 bits per heavy atom. The van der Waals surface area contributed by atoms with Crippen LogP contribution in [0, 0.1) is 0 Å². The van der Waals surface area contributed by atoms with Crippen molar-refractivity contribution in [3.63, 3.8) is 0 Å². The van der Waals surface area contributed by atoms with Gasteiger partial charge in [-0.1, -0.05) is 72.4 Å². The molecule has 2 aromatic carbocycles. The number of carbonyl (C=O) groups excluding carboxylic acids is 1. The Kier molecular flexibility index (Phi) is 4.44. The van der Waals surface area contributed by atoms with Gasteiger partial charge in [0.05, 0.1) is 10.8 Å². The number of rotatable bonds is 4. The second-order valence-corrected chi connectivity index (χ2v) is 6.83. The minimum absolute atomic E-state index is 0.0616. The van der Waals surface area contributed by atoms with Gasteiger partial charge in [-0.15, -0.1) is 0 Å². The molecule has 0 unspecified atom stereocenters. The molecule has 3 aromatic rings. The van der Waals surface area contributed by atoms with Gasteiger partial charge in [0.1, 0.15) is 11.5 Å². The predicted molar refractivity (Wildman–Crippen MR) is 102 cm³/mol. The van der Waals surface area contributed by atoms with Crippen LogP contribution in [0.3, 0.4) is 0 Å². The van der Waals surface area contributed by atoms with Crippen molar-refractivity contribution in [3.8, 4) is 11.3 Å². The van der Waals surface area contributed by atoms with Crippen LogP contribution in [0.4, 0.5) is 0 Å². The number of benzene rings is 2. The second kappa shape index (κ2) is 7.03. The van der Waals surface area contributed by atoms with E-state index < -0.39 is 0 Å². The first-order valence-corrected chi connectivity index (χ1v) is 9.11. The molecule has 0 bridgehead atoms. The Labute approximate surface area is 151 Å². The van der Waals surface area contributed by atoms with Crippen LogP contribution in [0.5, 0.6) is 0 Å².